The summed E-state index contributed by atoms with van der Waals surface area (Å²) in [6.07, 6.45) is -1.61. The standard InChI is InChI=1S/C26H23N5O4/c1-30(2)24(33)19-20(16-7-5-4-6-8-16)26(17-11-9-15(13-27)10-12-17)25(34,23(19)32)22-21(35-26)18(14-28)31(3)29-22/h4-12,19-20,23,32,34H,1-3H3. The first-order chi connectivity index (χ1) is 16.7. The van der Waals surface area contributed by atoms with Crippen LogP contribution >= 0.6 is 0 Å². The smallest absolute Gasteiger partial charge is 0.228 e. The van der Waals surface area contributed by atoms with E-state index in [4.69, 9.17) is 4.74 Å². The zero-order chi connectivity index (χ0) is 25.1. The zero-order valence-corrected chi connectivity index (χ0v) is 19.4. The molecule has 1 saturated carbocycles. The van der Waals surface area contributed by atoms with E-state index in [1.54, 1.807) is 45.4 Å². The Morgan fingerprint density at radius 2 is 1.77 bits per heavy atom. The topological polar surface area (TPSA) is 135 Å². The van der Waals surface area contributed by atoms with Crippen LogP contribution in [0.1, 0.15) is 34.0 Å². The number of aliphatic hydroxyl groups is 2. The number of hydrogen-bond donors (Lipinski definition) is 2. The van der Waals surface area contributed by atoms with Gasteiger partial charge in [-0.1, -0.05) is 42.5 Å². The van der Waals surface area contributed by atoms with E-state index in [0.717, 1.165) is 0 Å². The molecule has 1 aliphatic carbocycles. The zero-order valence-electron chi connectivity index (χ0n) is 19.4. The number of hydrogen-bond acceptors (Lipinski definition) is 7. The Bertz CT molecular complexity index is 1400. The number of nitriles is 2. The Labute approximate surface area is 202 Å². The third-order valence-electron chi connectivity index (χ3n) is 7.19. The molecular formula is C26H23N5O4. The third-order valence-corrected chi connectivity index (χ3v) is 7.19. The molecule has 3 aromatic rings. The van der Waals surface area contributed by atoms with Gasteiger partial charge in [-0.2, -0.15) is 15.6 Å². The lowest BCUT2D eigenvalue weighted by Gasteiger charge is -2.40. The molecule has 0 saturated heterocycles. The fourth-order valence-electron chi connectivity index (χ4n) is 5.67. The van der Waals surface area contributed by atoms with E-state index in [-0.39, 0.29) is 23.0 Å². The summed E-state index contributed by atoms with van der Waals surface area (Å²) in [7, 11) is 4.72. The minimum absolute atomic E-state index is 0.00315. The third kappa shape index (κ3) is 2.74. The first kappa shape index (κ1) is 22.6. The van der Waals surface area contributed by atoms with Gasteiger partial charge in [0.2, 0.25) is 5.91 Å². The summed E-state index contributed by atoms with van der Waals surface area (Å²) in [5.41, 5.74) is -2.26. The van der Waals surface area contributed by atoms with Crippen molar-refractivity contribution in [2.45, 2.75) is 23.2 Å². The Hall–Kier alpha value is -4.18. The van der Waals surface area contributed by atoms with E-state index in [1.165, 1.54) is 9.58 Å². The van der Waals surface area contributed by atoms with E-state index in [0.29, 0.717) is 16.7 Å². The maximum atomic E-state index is 13.5. The van der Waals surface area contributed by atoms with Crippen LogP contribution < -0.4 is 4.74 Å². The normalized spacial score (nSPS) is 28.4. The van der Waals surface area contributed by atoms with Gasteiger partial charge in [-0.3, -0.25) is 9.48 Å². The van der Waals surface area contributed by atoms with Crippen molar-refractivity contribution >= 4 is 5.91 Å². The van der Waals surface area contributed by atoms with Gasteiger partial charge in [-0.25, -0.2) is 0 Å². The number of carbonyl (C=O) groups excluding carboxylic acids is 1. The van der Waals surface area contributed by atoms with Crippen molar-refractivity contribution in [1.82, 2.24) is 14.7 Å². The molecule has 9 heteroatoms. The molecule has 2 heterocycles. The van der Waals surface area contributed by atoms with Gasteiger partial charge < -0.3 is 19.8 Å². The second-order valence-corrected chi connectivity index (χ2v) is 9.15. The Morgan fingerprint density at radius 1 is 1.11 bits per heavy atom. The van der Waals surface area contributed by atoms with Gasteiger partial charge in [0, 0.05) is 27.1 Å². The number of rotatable bonds is 3. The second kappa shape index (κ2) is 7.67. The van der Waals surface area contributed by atoms with Gasteiger partial charge in [0.15, 0.2) is 22.6 Å². The highest BCUT2D eigenvalue weighted by Gasteiger charge is 2.79. The number of fused-ring (bicyclic) bond motifs is 3. The molecule has 35 heavy (non-hydrogen) atoms. The molecule has 5 rings (SSSR count). The Balaban J connectivity index is 1.88. The highest BCUT2D eigenvalue weighted by molar-refractivity contribution is 5.82. The minimum Gasteiger partial charge on any atom is -0.473 e. The van der Waals surface area contributed by atoms with Gasteiger partial charge in [0.1, 0.15) is 17.9 Å². The van der Waals surface area contributed by atoms with Crippen LogP contribution in [0, 0.1) is 28.6 Å². The van der Waals surface area contributed by atoms with Gasteiger partial charge in [0.05, 0.1) is 17.6 Å². The minimum atomic E-state index is -2.17. The van der Waals surface area contributed by atoms with Gasteiger partial charge >= 0.3 is 0 Å². The lowest BCUT2D eigenvalue weighted by Crippen LogP contribution is -2.52. The molecule has 5 unspecified atom stereocenters. The molecule has 2 aliphatic rings. The molecule has 1 amide bonds. The number of aliphatic hydroxyl groups excluding tert-OH is 1. The lowest BCUT2D eigenvalue weighted by molar-refractivity contribution is -0.158. The van der Waals surface area contributed by atoms with Crippen molar-refractivity contribution in [2.24, 2.45) is 13.0 Å². The predicted octanol–water partition coefficient (Wildman–Crippen LogP) is 1.50. The Kier molecular flexibility index (Phi) is 4.95. The predicted molar refractivity (Wildman–Crippen MR) is 123 cm³/mol. The number of amides is 1. The summed E-state index contributed by atoms with van der Waals surface area (Å²) in [5.74, 6) is -2.26. The van der Waals surface area contributed by atoms with Gasteiger partial charge in [-0.15, -0.1) is 0 Å². The van der Waals surface area contributed by atoms with E-state index in [2.05, 4.69) is 17.2 Å². The van der Waals surface area contributed by atoms with Crippen molar-refractivity contribution in [3.05, 3.63) is 82.7 Å². The maximum absolute atomic E-state index is 13.5. The molecule has 2 N–H and O–H groups in total. The number of aryl methyl sites for hydroxylation is 1. The Morgan fingerprint density at radius 3 is 2.34 bits per heavy atom. The van der Waals surface area contributed by atoms with Crippen LogP contribution in [0.2, 0.25) is 0 Å². The van der Waals surface area contributed by atoms with Crippen molar-refractivity contribution in [3.8, 4) is 17.9 Å². The average Bonchev–Trinajstić information content (AvgIpc) is 3.39. The first-order valence-electron chi connectivity index (χ1n) is 11.1. The fraction of sp³-hybridized carbons (Fsp3) is 0.308. The molecule has 0 bridgehead atoms. The highest BCUT2D eigenvalue weighted by atomic mass is 16.5. The lowest BCUT2D eigenvalue weighted by atomic mass is 9.71. The first-order valence-corrected chi connectivity index (χ1v) is 11.1. The molecule has 9 nitrogen and oxygen atoms in total. The fourth-order valence-corrected chi connectivity index (χ4v) is 5.67. The van der Waals surface area contributed by atoms with Gasteiger partial charge in [0.25, 0.3) is 0 Å². The highest BCUT2D eigenvalue weighted by Crippen LogP contribution is 2.68. The number of nitrogens with zero attached hydrogens (tertiary/aromatic N) is 5. The summed E-state index contributed by atoms with van der Waals surface area (Å²) in [4.78, 5) is 14.9. The van der Waals surface area contributed by atoms with Crippen LogP contribution in [0.15, 0.2) is 54.6 Å². The van der Waals surface area contributed by atoms with E-state index in [1.807, 2.05) is 30.3 Å². The molecule has 1 aliphatic heterocycles. The number of benzene rings is 2. The van der Waals surface area contributed by atoms with E-state index < -0.39 is 29.1 Å². The maximum Gasteiger partial charge on any atom is 0.228 e. The second-order valence-electron chi connectivity index (χ2n) is 9.15. The monoisotopic (exact) mass is 469 g/mol. The SMILES string of the molecule is CN(C)C(=O)C1C(O)C2(O)c3nn(C)c(C#N)c3OC2(c2ccc(C#N)cc2)C1c1ccccc1. The van der Waals surface area contributed by atoms with Crippen LogP contribution in [0.5, 0.6) is 5.75 Å². The molecule has 1 aromatic heterocycles. The van der Waals surface area contributed by atoms with Crippen LogP contribution in [-0.2, 0) is 23.0 Å². The molecular weight excluding hydrogens is 446 g/mol. The summed E-state index contributed by atoms with van der Waals surface area (Å²) < 4.78 is 7.84. The molecule has 176 valence electrons. The molecule has 1 fully saturated rings. The number of ether oxygens (including phenoxy) is 1. The average molecular weight is 470 g/mol. The number of carbonyl (C=O) groups is 1. The molecule has 0 radical (unpaired) electrons. The van der Waals surface area contributed by atoms with Gasteiger partial charge in [-0.05, 0) is 23.3 Å². The van der Waals surface area contributed by atoms with Crippen LogP contribution in [0.4, 0.5) is 0 Å². The van der Waals surface area contributed by atoms with Crippen LogP contribution in [-0.4, -0.2) is 51.0 Å². The van der Waals surface area contributed by atoms with Crippen LogP contribution in [0.25, 0.3) is 0 Å². The number of aromatic nitrogens is 2. The van der Waals surface area contributed by atoms with Crippen molar-refractivity contribution in [2.75, 3.05) is 14.1 Å². The largest absolute Gasteiger partial charge is 0.473 e. The summed E-state index contributed by atoms with van der Waals surface area (Å²) in [6, 6.07) is 19.7. The summed E-state index contributed by atoms with van der Waals surface area (Å²) in [6.45, 7) is 0. The molecule has 5 atom stereocenters. The summed E-state index contributed by atoms with van der Waals surface area (Å²) >= 11 is 0. The van der Waals surface area contributed by atoms with E-state index in [9.17, 15) is 25.5 Å². The van der Waals surface area contributed by atoms with E-state index >= 15 is 0 Å². The van der Waals surface area contributed by atoms with Crippen molar-refractivity contribution in [3.63, 3.8) is 0 Å². The quantitative estimate of drug-likeness (QED) is 0.593. The van der Waals surface area contributed by atoms with Crippen molar-refractivity contribution in [1.29, 1.82) is 10.5 Å². The van der Waals surface area contributed by atoms with Crippen LogP contribution in [0.3, 0.4) is 0 Å². The summed E-state index contributed by atoms with van der Waals surface area (Å²) in [5, 5.41) is 47.7. The molecule has 0 spiro atoms. The molecule has 2 aromatic carbocycles. The van der Waals surface area contributed by atoms with Crippen molar-refractivity contribution < 1.29 is 19.7 Å².